The van der Waals surface area contributed by atoms with Crippen LogP contribution in [0.25, 0.3) is 0 Å². The van der Waals surface area contributed by atoms with Crippen molar-refractivity contribution in [1.82, 2.24) is 4.90 Å². The normalized spacial score (nSPS) is 30.8. The summed E-state index contributed by atoms with van der Waals surface area (Å²) in [6.45, 7) is 11.9. The van der Waals surface area contributed by atoms with Crippen LogP contribution in [0.2, 0.25) is 0 Å². The average molecular weight is 228 g/mol. The van der Waals surface area contributed by atoms with Crippen molar-refractivity contribution in [3.8, 4) is 0 Å². The molecule has 0 aromatic carbocycles. The van der Waals surface area contributed by atoms with Crippen LogP contribution in [-0.2, 0) is 4.74 Å². The first-order chi connectivity index (χ1) is 7.25. The van der Waals surface area contributed by atoms with Gasteiger partial charge in [0.1, 0.15) is 0 Å². The van der Waals surface area contributed by atoms with E-state index in [9.17, 15) is 0 Å². The lowest BCUT2D eigenvalue weighted by Gasteiger charge is -2.44. The van der Waals surface area contributed by atoms with E-state index in [0.29, 0.717) is 18.2 Å². The Morgan fingerprint density at radius 3 is 2.25 bits per heavy atom. The smallest absolute Gasteiger partial charge is 0.0703 e. The van der Waals surface area contributed by atoms with Crippen LogP contribution < -0.4 is 5.73 Å². The fraction of sp³-hybridized carbons (Fsp3) is 1.00. The molecule has 0 aromatic heterocycles. The van der Waals surface area contributed by atoms with Gasteiger partial charge in [-0.25, -0.2) is 0 Å². The maximum absolute atomic E-state index is 6.15. The molecule has 1 rings (SSSR count). The van der Waals surface area contributed by atoms with Crippen LogP contribution in [0, 0.1) is 5.41 Å². The highest BCUT2D eigenvalue weighted by Crippen LogP contribution is 2.30. The largest absolute Gasteiger partial charge is 0.377 e. The summed E-state index contributed by atoms with van der Waals surface area (Å²) >= 11 is 0. The van der Waals surface area contributed by atoms with Crippen LogP contribution in [0.5, 0.6) is 0 Å². The highest BCUT2D eigenvalue weighted by Gasteiger charge is 2.38. The van der Waals surface area contributed by atoms with Gasteiger partial charge in [0.2, 0.25) is 0 Å². The molecule has 16 heavy (non-hydrogen) atoms. The second kappa shape index (κ2) is 5.03. The van der Waals surface area contributed by atoms with Gasteiger partial charge in [-0.05, 0) is 32.7 Å². The summed E-state index contributed by atoms with van der Waals surface area (Å²) in [6.07, 6.45) is 1.45. The maximum atomic E-state index is 6.15. The van der Waals surface area contributed by atoms with Gasteiger partial charge in [0.05, 0.1) is 6.10 Å². The van der Waals surface area contributed by atoms with Gasteiger partial charge in [-0.3, -0.25) is 4.90 Å². The quantitative estimate of drug-likeness (QED) is 0.801. The fourth-order valence-electron chi connectivity index (χ4n) is 3.23. The number of rotatable bonds is 3. The van der Waals surface area contributed by atoms with Crippen molar-refractivity contribution in [2.45, 2.75) is 65.3 Å². The van der Waals surface area contributed by atoms with Crippen LogP contribution in [0.4, 0.5) is 0 Å². The van der Waals surface area contributed by atoms with Crippen LogP contribution in [0.3, 0.4) is 0 Å². The van der Waals surface area contributed by atoms with Crippen molar-refractivity contribution in [3.05, 3.63) is 0 Å². The zero-order chi connectivity index (χ0) is 12.5. The third-order valence-electron chi connectivity index (χ3n) is 3.68. The minimum Gasteiger partial charge on any atom is -0.377 e. The lowest BCUT2D eigenvalue weighted by atomic mass is 9.81. The summed E-state index contributed by atoms with van der Waals surface area (Å²) in [6, 6.07) is 1.08. The summed E-state index contributed by atoms with van der Waals surface area (Å²) in [4.78, 5) is 2.43. The third-order valence-corrected chi connectivity index (χ3v) is 3.68. The molecule has 4 atom stereocenters. The zero-order valence-corrected chi connectivity index (χ0v) is 11.7. The van der Waals surface area contributed by atoms with Gasteiger partial charge in [0.25, 0.3) is 0 Å². The number of nitrogens with two attached hydrogens (primary N) is 1. The van der Waals surface area contributed by atoms with Crippen LogP contribution in [-0.4, -0.2) is 42.8 Å². The Balaban J connectivity index is 2.78. The Kier molecular flexibility index (Phi) is 4.38. The highest BCUT2D eigenvalue weighted by atomic mass is 16.5. The van der Waals surface area contributed by atoms with Crippen molar-refractivity contribution in [3.63, 3.8) is 0 Å². The number of ether oxygens (including phenoxy) is 1. The van der Waals surface area contributed by atoms with E-state index < -0.39 is 0 Å². The summed E-state index contributed by atoms with van der Waals surface area (Å²) in [7, 11) is 2.19. The fourth-order valence-corrected chi connectivity index (χ4v) is 3.23. The number of nitrogens with zero attached hydrogens (tertiary/aromatic N) is 1. The van der Waals surface area contributed by atoms with E-state index in [-0.39, 0.29) is 11.5 Å². The van der Waals surface area contributed by atoms with E-state index in [2.05, 4.69) is 46.6 Å². The second-order valence-corrected chi connectivity index (χ2v) is 6.27. The lowest BCUT2D eigenvalue weighted by Crippen LogP contribution is -2.56. The van der Waals surface area contributed by atoms with E-state index in [1.807, 2.05) is 0 Å². The Labute approximate surface area is 100 Å². The van der Waals surface area contributed by atoms with Gasteiger partial charge in [-0.15, -0.1) is 0 Å². The predicted molar refractivity (Wildman–Crippen MR) is 68.5 cm³/mol. The minimum absolute atomic E-state index is 0.179. The average Bonchev–Trinajstić information content (AvgIpc) is 2.47. The number of hydrogen-bond acceptors (Lipinski definition) is 3. The molecule has 3 heteroatoms. The molecule has 96 valence electrons. The minimum atomic E-state index is 0.179. The highest BCUT2D eigenvalue weighted by molar-refractivity contribution is 4.93. The molecule has 1 aliphatic heterocycles. The van der Waals surface area contributed by atoms with Crippen LogP contribution >= 0.6 is 0 Å². The molecule has 0 radical (unpaired) electrons. The topological polar surface area (TPSA) is 38.5 Å². The van der Waals surface area contributed by atoms with Gasteiger partial charge >= 0.3 is 0 Å². The molecule has 0 spiro atoms. The molecule has 0 bridgehead atoms. The molecule has 0 aromatic rings. The Hall–Kier alpha value is -0.120. The number of hydrogen-bond donors (Lipinski definition) is 1. The molecular weight excluding hydrogens is 200 g/mol. The van der Waals surface area contributed by atoms with E-state index >= 15 is 0 Å². The molecule has 1 heterocycles. The predicted octanol–water partition coefficient (Wildman–Crippen LogP) is 1.86. The summed E-state index contributed by atoms with van der Waals surface area (Å²) < 4.78 is 5.65. The molecule has 1 saturated heterocycles. The summed E-state index contributed by atoms with van der Waals surface area (Å²) in [5.74, 6) is 0. The molecular formula is C13H28N2O. The molecule has 1 aliphatic rings. The summed E-state index contributed by atoms with van der Waals surface area (Å²) in [5, 5.41) is 0. The van der Waals surface area contributed by atoms with Crippen molar-refractivity contribution in [2.75, 3.05) is 13.7 Å². The van der Waals surface area contributed by atoms with Gasteiger partial charge < -0.3 is 10.5 Å². The van der Waals surface area contributed by atoms with Crippen LogP contribution in [0.15, 0.2) is 0 Å². The molecule has 4 unspecified atom stereocenters. The van der Waals surface area contributed by atoms with Gasteiger partial charge in [0.15, 0.2) is 0 Å². The Bertz CT molecular complexity index is 222. The molecule has 0 saturated carbocycles. The Morgan fingerprint density at radius 2 is 1.94 bits per heavy atom. The first-order valence-corrected chi connectivity index (χ1v) is 6.34. The molecule has 1 fully saturated rings. The van der Waals surface area contributed by atoms with Crippen molar-refractivity contribution in [1.29, 1.82) is 0 Å². The lowest BCUT2D eigenvalue weighted by molar-refractivity contribution is 0.0279. The molecule has 3 nitrogen and oxygen atoms in total. The monoisotopic (exact) mass is 228 g/mol. The maximum Gasteiger partial charge on any atom is 0.0703 e. The second-order valence-electron chi connectivity index (χ2n) is 6.27. The standard InChI is InChI=1S/C13H28N2O/c1-9(14)12(13(3,4)5)15(6)11-7-8-16-10(11)2/h9-12H,7-8,14H2,1-6H3. The van der Waals surface area contributed by atoms with E-state index in [1.165, 1.54) is 0 Å². The van der Waals surface area contributed by atoms with Gasteiger partial charge in [0, 0.05) is 24.7 Å². The van der Waals surface area contributed by atoms with E-state index in [4.69, 9.17) is 10.5 Å². The SMILES string of the molecule is CC(N)C(N(C)C1CCOC1C)C(C)(C)C. The third kappa shape index (κ3) is 2.96. The first kappa shape index (κ1) is 13.9. The molecule has 2 N–H and O–H groups in total. The van der Waals surface area contributed by atoms with Crippen molar-refractivity contribution in [2.24, 2.45) is 11.1 Å². The van der Waals surface area contributed by atoms with Crippen molar-refractivity contribution < 1.29 is 4.74 Å². The van der Waals surface area contributed by atoms with Crippen molar-refractivity contribution >= 4 is 0 Å². The summed E-state index contributed by atoms with van der Waals surface area (Å²) in [5.41, 5.74) is 6.35. The number of likely N-dealkylation sites (N-methyl/N-ethyl adjacent to an activating group) is 1. The first-order valence-electron chi connectivity index (χ1n) is 6.34. The van der Waals surface area contributed by atoms with Gasteiger partial charge in [-0.2, -0.15) is 0 Å². The van der Waals surface area contributed by atoms with E-state index in [1.54, 1.807) is 0 Å². The zero-order valence-electron chi connectivity index (χ0n) is 11.7. The van der Waals surface area contributed by atoms with Crippen LogP contribution in [0.1, 0.15) is 41.0 Å². The van der Waals surface area contributed by atoms with Gasteiger partial charge in [-0.1, -0.05) is 20.8 Å². The Morgan fingerprint density at radius 1 is 1.38 bits per heavy atom. The molecule has 0 amide bonds. The molecule has 0 aliphatic carbocycles. The van der Waals surface area contributed by atoms with E-state index in [0.717, 1.165) is 13.0 Å².